The predicted molar refractivity (Wildman–Crippen MR) is 85.9 cm³/mol. The molecule has 0 unspecified atom stereocenters. The molecule has 21 heavy (non-hydrogen) atoms. The van der Waals surface area contributed by atoms with Gasteiger partial charge in [0.05, 0.1) is 0 Å². The molecular formula is C14H18F2N2OS2. The van der Waals surface area contributed by atoms with Gasteiger partial charge in [-0.3, -0.25) is 0 Å². The number of rotatable bonds is 4. The number of nitrogens with zero attached hydrogens (tertiary/aromatic N) is 1. The zero-order valence-corrected chi connectivity index (χ0v) is 13.1. The Morgan fingerprint density at radius 2 is 2.14 bits per heavy atom. The number of hydrogen-bond acceptors (Lipinski definition) is 3. The van der Waals surface area contributed by atoms with E-state index >= 15 is 0 Å². The summed E-state index contributed by atoms with van der Waals surface area (Å²) in [6, 6.07) is 6.78. The summed E-state index contributed by atoms with van der Waals surface area (Å²) in [5.41, 5.74) is 0.782. The van der Waals surface area contributed by atoms with Crippen LogP contribution in [0.5, 0.6) is 0 Å². The fourth-order valence-electron chi connectivity index (χ4n) is 2.32. The number of likely N-dealkylation sites (tertiary alicyclic amines) is 1. The third kappa shape index (κ3) is 5.09. The van der Waals surface area contributed by atoms with E-state index in [-0.39, 0.29) is 12.5 Å². The van der Waals surface area contributed by atoms with E-state index in [2.05, 4.69) is 5.32 Å². The van der Waals surface area contributed by atoms with Crippen LogP contribution < -0.4 is 5.32 Å². The van der Waals surface area contributed by atoms with Crippen LogP contribution >= 0.6 is 24.0 Å². The normalized spacial score (nSPS) is 18.9. The van der Waals surface area contributed by atoms with E-state index in [4.69, 9.17) is 12.2 Å². The lowest BCUT2D eigenvalue weighted by Crippen LogP contribution is -2.43. The lowest BCUT2D eigenvalue weighted by atomic mass is 9.99. The van der Waals surface area contributed by atoms with Crippen molar-refractivity contribution < 1.29 is 13.9 Å². The molecule has 0 aliphatic carbocycles. The molecule has 1 aliphatic rings. The minimum atomic E-state index is -2.41. The maximum atomic E-state index is 12.2. The number of nitrogens with one attached hydrogen (secondary N) is 1. The third-order valence-electron chi connectivity index (χ3n) is 3.40. The fraction of sp³-hybridized carbons (Fsp3) is 0.500. The van der Waals surface area contributed by atoms with Crippen molar-refractivity contribution in [2.75, 3.05) is 25.0 Å². The highest BCUT2D eigenvalue weighted by molar-refractivity contribution is 7.99. The molecule has 1 aromatic rings. The van der Waals surface area contributed by atoms with Gasteiger partial charge in [-0.05, 0) is 55.2 Å². The zero-order valence-electron chi connectivity index (χ0n) is 11.5. The molecule has 0 spiro atoms. The molecule has 0 aromatic heterocycles. The molecule has 0 bridgehead atoms. The summed E-state index contributed by atoms with van der Waals surface area (Å²) >= 11 is 5.89. The topological polar surface area (TPSA) is 35.5 Å². The van der Waals surface area contributed by atoms with Gasteiger partial charge >= 0.3 is 0 Å². The molecule has 2 rings (SSSR count). The average molecular weight is 332 g/mol. The van der Waals surface area contributed by atoms with Gasteiger partial charge < -0.3 is 15.3 Å². The van der Waals surface area contributed by atoms with Crippen molar-refractivity contribution in [2.45, 2.75) is 23.5 Å². The van der Waals surface area contributed by atoms with E-state index in [0.29, 0.717) is 21.8 Å². The Labute approximate surface area is 132 Å². The molecule has 1 fully saturated rings. The van der Waals surface area contributed by atoms with Crippen molar-refractivity contribution in [1.29, 1.82) is 0 Å². The molecule has 0 saturated carbocycles. The fourth-order valence-corrected chi connectivity index (χ4v) is 3.10. The highest BCUT2D eigenvalue weighted by Gasteiger charge is 2.21. The maximum Gasteiger partial charge on any atom is 0.288 e. The Morgan fingerprint density at radius 3 is 2.76 bits per heavy atom. The van der Waals surface area contributed by atoms with E-state index in [0.717, 1.165) is 31.6 Å². The van der Waals surface area contributed by atoms with Crippen molar-refractivity contribution in [3.8, 4) is 0 Å². The van der Waals surface area contributed by atoms with Gasteiger partial charge in [-0.15, -0.1) is 0 Å². The molecule has 7 heteroatoms. The summed E-state index contributed by atoms with van der Waals surface area (Å²) in [4.78, 5) is 2.57. The van der Waals surface area contributed by atoms with Crippen LogP contribution in [0, 0.1) is 5.92 Å². The second-order valence-electron chi connectivity index (χ2n) is 4.97. The Bertz CT molecular complexity index is 471. The molecule has 0 radical (unpaired) electrons. The van der Waals surface area contributed by atoms with Crippen molar-refractivity contribution in [3.63, 3.8) is 0 Å². The van der Waals surface area contributed by atoms with Gasteiger partial charge in [0, 0.05) is 30.3 Å². The quantitative estimate of drug-likeness (QED) is 0.653. The lowest BCUT2D eigenvalue weighted by molar-refractivity contribution is 0.162. The summed E-state index contributed by atoms with van der Waals surface area (Å²) in [5, 5.41) is 13.0. The molecule has 116 valence electrons. The molecule has 3 nitrogen and oxygen atoms in total. The number of aliphatic hydroxyl groups is 1. The van der Waals surface area contributed by atoms with Crippen molar-refractivity contribution in [1.82, 2.24) is 4.90 Å². The summed E-state index contributed by atoms with van der Waals surface area (Å²) in [6.07, 6.45) is 2.03. The lowest BCUT2D eigenvalue weighted by Gasteiger charge is -2.33. The van der Waals surface area contributed by atoms with Crippen LogP contribution in [0.2, 0.25) is 0 Å². The van der Waals surface area contributed by atoms with Gasteiger partial charge in [-0.1, -0.05) is 11.8 Å². The van der Waals surface area contributed by atoms with Gasteiger partial charge in [0.25, 0.3) is 5.76 Å². The first-order chi connectivity index (χ1) is 10.1. The SMILES string of the molecule is OC[C@@H]1CCCN(C(=S)Nc2ccc(SC(F)F)cc2)C1. The molecule has 1 aliphatic heterocycles. The van der Waals surface area contributed by atoms with E-state index in [1.807, 2.05) is 4.90 Å². The molecule has 1 aromatic carbocycles. The number of thiocarbonyl (C=S) groups is 1. The molecular weight excluding hydrogens is 314 g/mol. The summed E-state index contributed by atoms with van der Waals surface area (Å²) < 4.78 is 24.5. The van der Waals surface area contributed by atoms with Gasteiger partial charge in [-0.25, -0.2) is 0 Å². The molecule has 1 atom stereocenters. The number of piperidine rings is 1. The Morgan fingerprint density at radius 1 is 1.43 bits per heavy atom. The van der Waals surface area contributed by atoms with Crippen molar-refractivity contribution in [3.05, 3.63) is 24.3 Å². The standard InChI is InChI=1S/C14H18F2N2OS2/c15-13(16)21-12-5-3-11(4-6-12)17-14(20)18-7-1-2-10(8-18)9-19/h3-6,10,13,19H,1-2,7-9H2,(H,17,20)/t10-/m1/s1. The van der Waals surface area contributed by atoms with Gasteiger partial charge in [0.15, 0.2) is 5.11 Å². The number of aliphatic hydroxyl groups excluding tert-OH is 1. The van der Waals surface area contributed by atoms with Gasteiger partial charge in [0.2, 0.25) is 0 Å². The number of benzene rings is 1. The van der Waals surface area contributed by atoms with Crippen LogP contribution in [-0.4, -0.2) is 40.6 Å². The van der Waals surface area contributed by atoms with Crippen LogP contribution in [0.3, 0.4) is 0 Å². The number of alkyl halides is 2. The molecule has 1 saturated heterocycles. The van der Waals surface area contributed by atoms with Crippen LogP contribution in [0.15, 0.2) is 29.2 Å². The summed E-state index contributed by atoms with van der Waals surface area (Å²) in [5.74, 6) is -2.14. The first-order valence-corrected chi connectivity index (χ1v) is 8.09. The first kappa shape index (κ1) is 16.5. The van der Waals surface area contributed by atoms with Crippen LogP contribution in [0.1, 0.15) is 12.8 Å². The second-order valence-corrected chi connectivity index (χ2v) is 6.42. The average Bonchev–Trinajstić information content (AvgIpc) is 2.49. The number of thioether (sulfide) groups is 1. The number of halogens is 2. The van der Waals surface area contributed by atoms with Crippen molar-refractivity contribution >= 4 is 34.8 Å². The minimum Gasteiger partial charge on any atom is -0.396 e. The van der Waals surface area contributed by atoms with Crippen LogP contribution in [0.4, 0.5) is 14.5 Å². The molecule has 0 amide bonds. The third-order valence-corrected chi connectivity index (χ3v) is 4.48. The van der Waals surface area contributed by atoms with E-state index in [1.165, 1.54) is 0 Å². The largest absolute Gasteiger partial charge is 0.396 e. The van der Waals surface area contributed by atoms with E-state index < -0.39 is 5.76 Å². The molecule has 2 N–H and O–H groups in total. The van der Waals surface area contributed by atoms with Crippen molar-refractivity contribution in [2.24, 2.45) is 5.92 Å². The first-order valence-electron chi connectivity index (χ1n) is 6.80. The smallest absolute Gasteiger partial charge is 0.288 e. The van der Waals surface area contributed by atoms with Crippen LogP contribution in [-0.2, 0) is 0 Å². The monoisotopic (exact) mass is 332 g/mol. The summed E-state index contributed by atoms with van der Waals surface area (Å²) in [6.45, 7) is 1.81. The number of hydrogen-bond donors (Lipinski definition) is 2. The Balaban J connectivity index is 1.90. The van der Waals surface area contributed by atoms with Crippen LogP contribution in [0.25, 0.3) is 0 Å². The second kappa shape index (κ2) is 7.91. The van der Waals surface area contributed by atoms with Gasteiger partial charge in [-0.2, -0.15) is 8.78 Å². The highest BCUT2D eigenvalue weighted by atomic mass is 32.2. The highest BCUT2D eigenvalue weighted by Crippen LogP contribution is 2.26. The van der Waals surface area contributed by atoms with E-state index in [1.54, 1.807) is 24.3 Å². The minimum absolute atomic E-state index is 0.179. The Hall–Kier alpha value is -0.920. The summed E-state index contributed by atoms with van der Waals surface area (Å²) in [7, 11) is 0. The number of anilines is 1. The van der Waals surface area contributed by atoms with Gasteiger partial charge in [0.1, 0.15) is 0 Å². The zero-order chi connectivity index (χ0) is 15.2. The van der Waals surface area contributed by atoms with E-state index in [9.17, 15) is 13.9 Å². The molecule has 1 heterocycles. The Kier molecular flexibility index (Phi) is 6.20. The maximum absolute atomic E-state index is 12.2. The predicted octanol–water partition coefficient (Wildman–Crippen LogP) is 3.40.